The fourth-order valence-electron chi connectivity index (χ4n) is 8.37. The second kappa shape index (κ2) is 15.0. The van der Waals surface area contributed by atoms with Gasteiger partial charge in [0.05, 0.1) is 23.8 Å². The van der Waals surface area contributed by atoms with Crippen LogP contribution in [0, 0.1) is 10.7 Å². The highest BCUT2D eigenvalue weighted by Gasteiger charge is 2.48. The van der Waals surface area contributed by atoms with Crippen LogP contribution in [0.5, 0.6) is 5.75 Å². The first-order valence-electron chi connectivity index (χ1n) is 19.5. The van der Waals surface area contributed by atoms with Crippen LogP contribution in [0.4, 0.5) is 10.1 Å². The number of anilines is 1. The molecule has 2 fully saturated rings. The first kappa shape index (κ1) is 38.1. The summed E-state index contributed by atoms with van der Waals surface area (Å²) in [7, 11) is -2.76. The monoisotopic (exact) mass is 820 g/mol. The number of carbonyl (C=O) groups excluding carboxylic acids is 2. The molecular formula is C42H41FN8O7S+2. The number of nitrogens with one attached hydrogen (secondary N) is 1. The average molecular weight is 821 g/mol. The molecule has 2 saturated heterocycles. The quantitative estimate of drug-likeness (QED) is 0.156. The zero-order chi connectivity index (χ0) is 41.0. The Morgan fingerprint density at radius 1 is 0.966 bits per heavy atom. The number of hydrogen-bond acceptors (Lipinski definition) is 8. The van der Waals surface area contributed by atoms with Crippen LogP contribution in [0.1, 0.15) is 48.8 Å². The van der Waals surface area contributed by atoms with E-state index in [1.54, 1.807) is 36.0 Å². The molecule has 5 heterocycles. The Morgan fingerprint density at radius 3 is 2.54 bits per heavy atom. The summed E-state index contributed by atoms with van der Waals surface area (Å²) >= 11 is 0. The number of nitroso groups, excluding NO2 is 1. The fraction of sp³-hybridized carbons (Fsp3) is 0.310. The fourth-order valence-corrected chi connectivity index (χ4v) is 9.61. The molecule has 15 nitrogen and oxygen atoms in total. The maximum absolute atomic E-state index is 16.3. The Kier molecular flexibility index (Phi) is 9.69. The van der Waals surface area contributed by atoms with Crippen LogP contribution >= 0.6 is 0 Å². The van der Waals surface area contributed by atoms with E-state index in [0.717, 1.165) is 58.0 Å². The maximum atomic E-state index is 16.3. The van der Waals surface area contributed by atoms with Gasteiger partial charge in [-0.25, -0.2) is 13.8 Å². The Bertz CT molecular complexity index is 2900. The van der Waals surface area contributed by atoms with Crippen LogP contribution in [0.25, 0.3) is 32.9 Å². The van der Waals surface area contributed by atoms with Crippen molar-refractivity contribution in [2.45, 2.75) is 50.8 Å². The zero-order valence-electron chi connectivity index (χ0n) is 32.2. The van der Waals surface area contributed by atoms with Crippen molar-refractivity contribution >= 4 is 55.7 Å². The molecule has 0 spiro atoms. The lowest BCUT2D eigenvalue weighted by atomic mass is 9.90. The van der Waals surface area contributed by atoms with Crippen LogP contribution in [0.2, 0.25) is 0 Å². The molecule has 2 atom stereocenters. The van der Waals surface area contributed by atoms with E-state index >= 15 is 4.39 Å². The molecule has 2 unspecified atom stereocenters. The number of piperidine rings is 1. The molecule has 4 aromatic carbocycles. The van der Waals surface area contributed by atoms with Crippen molar-refractivity contribution in [2.24, 2.45) is 7.05 Å². The third-order valence-electron chi connectivity index (χ3n) is 11.6. The van der Waals surface area contributed by atoms with Gasteiger partial charge in [-0.05, 0) is 58.7 Å². The molecule has 2 amide bonds. The molecule has 0 aliphatic carbocycles. The van der Waals surface area contributed by atoms with Gasteiger partial charge in [0.15, 0.2) is 12.4 Å². The lowest BCUT2D eigenvalue weighted by molar-refractivity contribution is -0.530. The van der Waals surface area contributed by atoms with Crippen molar-refractivity contribution in [3.8, 4) is 16.9 Å². The lowest BCUT2D eigenvalue weighted by Gasteiger charge is -2.22. The summed E-state index contributed by atoms with van der Waals surface area (Å²) in [5.74, 6) is -1.29. The first-order chi connectivity index (χ1) is 28.5. The van der Waals surface area contributed by atoms with E-state index in [0.29, 0.717) is 17.4 Å². The molecule has 302 valence electrons. The van der Waals surface area contributed by atoms with Crippen LogP contribution in [0.15, 0.2) is 90.0 Å². The van der Waals surface area contributed by atoms with Crippen molar-refractivity contribution in [3.05, 3.63) is 118 Å². The van der Waals surface area contributed by atoms with Gasteiger partial charge in [0.25, 0.3) is 0 Å². The van der Waals surface area contributed by atoms with Gasteiger partial charge < -0.3 is 4.74 Å². The highest BCUT2D eigenvalue weighted by Crippen LogP contribution is 2.41. The molecule has 0 radical (unpaired) electrons. The second-order valence-corrected chi connectivity index (χ2v) is 17.0. The van der Waals surface area contributed by atoms with Crippen molar-refractivity contribution in [2.75, 3.05) is 30.5 Å². The van der Waals surface area contributed by atoms with Crippen molar-refractivity contribution in [1.29, 1.82) is 0 Å². The van der Waals surface area contributed by atoms with Gasteiger partial charge in [-0.1, -0.05) is 48.5 Å². The highest BCUT2D eigenvalue weighted by molar-refractivity contribution is 7.87. The topological polar surface area (TPSA) is 161 Å². The Labute approximate surface area is 337 Å². The summed E-state index contributed by atoms with van der Waals surface area (Å²) in [6.45, 7) is 1.76. The van der Waals surface area contributed by atoms with E-state index in [2.05, 4.69) is 21.2 Å². The number of hydrogen-bond donors (Lipinski definition) is 1. The van der Waals surface area contributed by atoms with Gasteiger partial charge in [0.2, 0.25) is 18.4 Å². The summed E-state index contributed by atoms with van der Waals surface area (Å²) in [5, 5.41) is 7.64. The van der Waals surface area contributed by atoms with E-state index in [1.807, 2.05) is 65.5 Å². The summed E-state index contributed by atoms with van der Waals surface area (Å²) in [6, 6.07) is 21.3. The van der Waals surface area contributed by atoms with Gasteiger partial charge in [0.1, 0.15) is 47.6 Å². The Morgan fingerprint density at radius 2 is 1.80 bits per heavy atom. The third kappa shape index (κ3) is 6.98. The molecule has 9 rings (SSSR count). The number of fused-ring (bicyclic) bond motifs is 2. The number of imide groups is 1. The predicted molar refractivity (Wildman–Crippen MR) is 217 cm³/mol. The minimum atomic E-state index is -4.46. The van der Waals surface area contributed by atoms with E-state index in [1.165, 1.54) is 4.57 Å². The third-order valence-corrected chi connectivity index (χ3v) is 13.2. The normalized spacial score (nSPS) is 19.4. The van der Waals surface area contributed by atoms with Gasteiger partial charge >= 0.3 is 15.9 Å². The van der Waals surface area contributed by atoms with E-state index < -0.39 is 28.0 Å². The molecule has 0 saturated carbocycles. The van der Waals surface area contributed by atoms with E-state index in [4.69, 9.17) is 4.74 Å². The number of aryl methyl sites for hydroxylation is 1. The van der Waals surface area contributed by atoms with E-state index in [-0.39, 0.29) is 71.0 Å². The number of rotatable bonds is 10. The number of carbonyl (C=O) groups is 2. The summed E-state index contributed by atoms with van der Waals surface area (Å²) in [4.78, 5) is 49.7. The molecule has 1 N–H and O–H groups in total. The molecule has 3 aliphatic heterocycles. The second-order valence-electron chi connectivity index (χ2n) is 15.2. The largest absolute Gasteiger partial charge is 0.512 e. The molecule has 2 aromatic heterocycles. The van der Waals surface area contributed by atoms with Gasteiger partial charge in [-0.15, -0.1) is 8.42 Å². The minimum Gasteiger partial charge on any atom is -0.487 e. The summed E-state index contributed by atoms with van der Waals surface area (Å²) in [5.41, 5.74) is 4.40. The van der Waals surface area contributed by atoms with Crippen LogP contribution < -0.4 is 20.0 Å². The molecular weight excluding hydrogens is 780 g/mol. The summed E-state index contributed by atoms with van der Waals surface area (Å²) < 4.78 is 56.1. The van der Waals surface area contributed by atoms with Crippen molar-refractivity contribution in [3.63, 3.8) is 0 Å². The number of amides is 2. The zero-order valence-corrected chi connectivity index (χ0v) is 33.0. The van der Waals surface area contributed by atoms with Crippen LogP contribution in [0.3, 0.4) is 0 Å². The summed E-state index contributed by atoms with van der Waals surface area (Å²) in [6.07, 6.45) is 8.12. The molecule has 17 heteroatoms. The van der Waals surface area contributed by atoms with Gasteiger partial charge in [-0.2, -0.15) is 9.40 Å². The van der Waals surface area contributed by atoms with E-state index in [9.17, 15) is 27.7 Å². The number of aromatic nitrogens is 4. The minimum absolute atomic E-state index is 0.0145. The molecule has 3 aliphatic rings. The predicted octanol–water partition coefficient (Wildman–Crippen LogP) is 4.56. The molecule has 6 aromatic rings. The lowest BCUT2D eigenvalue weighted by Crippen LogP contribution is -2.44. The SMILES string of the molecule is Cn1c(=O)n(C2CCC(=O)NC2=O)c2ccc(C3CC=[N+](CCn4cc(-c5ccc6c(F)c(N7CC[N+](=O)S7(=O)=O)c(OCc7ccccc7)cc6c5)cn4)CC3)cc21. The molecule has 59 heavy (non-hydrogen) atoms. The number of imidazole rings is 1. The van der Waals surface area contributed by atoms with Crippen LogP contribution in [-0.2, 0) is 40.0 Å². The Hall–Kier alpha value is -6.49. The average Bonchev–Trinajstić information content (AvgIpc) is 3.90. The van der Waals surface area contributed by atoms with Crippen molar-refractivity contribution in [1.82, 2.24) is 24.2 Å². The number of halogens is 1. The standard InChI is InChI=1S/C42H40FN8O7S/c1-46-36-22-30(8-10-34(36)51(42(46)54)35-11-12-38(52)45-41(35)53)28-13-15-47(16-14-28)17-18-48-25-32(24-44-48)29-7-9-33-31(21-29)23-37(58-26-27-5-3-2-4-6-27)40(39(33)43)49-19-20-50(55)59(49,56)57/h2-10,15,21-25,28,35H,11-14,16-20,26H2,1H3/q+1/p+1. The van der Waals surface area contributed by atoms with Crippen LogP contribution in [-0.4, -0.2) is 80.3 Å². The molecule has 0 bridgehead atoms. The number of ether oxygens (including phenoxy) is 1. The van der Waals surface area contributed by atoms with Gasteiger partial charge in [-0.3, -0.25) is 28.7 Å². The van der Waals surface area contributed by atoms with Gasteiger partial charge in [0, 0.05) is 48.4 Å². The number of nitrogens with zero attached hydrogens (tertiary/aromatic N) is 7. The first-order valence-corrected chi connectivity index (χ1v) is 20.9. The Balaban J connectivity index is 0.894. The van der Waals surface area contributed by atoms with Crippen molar-refractivity contribution < 1.29 is 35.9 Å². The maximum Gasteiger partial charge on any atom is 0.512 e. The number of benzene rings is 4. The smallest absolute Gasteiger partial charge is 0.487 e. The highest BCUT2D eigenvalue weighted by atomic mass is 32.2.